The number of aromatic nitrogens is 4. The van der Waals surface area contributed by atoms with E-state index < -0.39 is 17.9 Å². The van der Waals surface area contributed by atoms with Gasteiger partial charge >= 0.3 is 5.97 Å². The maximum absolute atomic E-state index is 12.9. The first-order valence-corrected chi connectivity index (χ1v) is 10.2. The smallest absolute Gasteiger partial charge is 0.356 e. The first-order valence-electron chi connectivity index (χ1n) is 10.2. The lowest BCUT2D eigenvalue weighted by Crippen LogP contribution is -2.52. The molecule has 1 fully saturated rings. The number of ether oxygens (including phenoxy) is 1. The Morgan fingerprint density at radius 1 is 1.15 bits per heavy atom. The summed E-state index contributed by atoms with van der Waals surface area (Å²) in [4.78, 5) is 54.0. The third-order valence-electron chi connectivity index (χ3n) is 5.67. The maximum Gasteiger partial charge on any atom is 0.356 e. The van der Waals surface area contributed by atoms with E-state index in [9.17, 15) is 19.2 Å². The van der Waals surface area contributed by atoms with Crippen LogP contribution in [0.4, 0.5) is 0 Å². The van der Waals surface area contributed by atoms with Crippen LogP contribution < -0.4 is 5.32 Å². The maximum atomic E-state index is 12.9. The number of esters is 1. The fourth-order valence-electron chi connectivity index (χ4n) is 4.01. The molecule has 0 spiro atoms. The topological polar surface area (TPSA) is 136 Å². The highest BCUT2D eigenvalue weighted by molar-refractivity contribution is 6.05. The molecule has 4 heterocycles. The number of rotatable bonds is 4. The fraction of sp³-hybridized carbons (Fsp3) is 0.227. The predicted octanol–water partition coefficient (Wildman–Crippen LogP) is 0.877. The van der Waals surface area contributed by atoms with Crippen LogP contribution >= 0.6 is 0 Å². The first kappa shape index (κ1) is 20.5. The highest BCUT2D eigenvalue weighted by atomic mass is 16.5. The van der Waals surface area contributed by atoms with Gasteiger partial charge in [-0.3, -0.25) is 19.7 Å². The van der Waals surface area contributed by atoms with Gasteiger partial charge in [0.15, 0.2) is 0 Å². The molecule has 2 aliphatic heterocycles. The zero-order valence-electron chi connectivity index (χ0n) is 17.5. The van der Waals surface area contributed by atoms with Crippen molar-refractivity contribution in [1.82, 2.24) is 30.2 Å². The number of nitrogens with zero attached hydrogens (tertiary/aromatic N) is 5. The summed E-state index contributed by atoms with van der Waals surface area (Å²) >= 11 is 0. The summed E-state index contributed by atoms with van der Waals surface area (Å²) in [6.45, 7) is 0.262. The average molecular weight is 446 g/mol. The van der Waals surface area contributed by atoms with Crippen molar-refractivity contribution in [2.24, 2.45) is 0 Å². The fourth-order valence-corrected chi connectivity index (χ4v) is 4.01. The van der Waals surface area contributed by atoms with Gasteiger partial charge in [-0.15, -0.1) is 5.10 Å². The number of methoxy groups -OCH3 is 1. The Balaban J connectivity index is 1.39. The molecule has 2 aliphatic rings. The average Bonchev–Trinajstić information content (AvgIpc) is 3.44. The van der Waals surface area contributed by atoms with Crippen molar-refractivity contribution in [3.63, 3.8) is 0 Å². The second kappa shape index (κ2) is 7.93. The largest absolute Gasteiger partial charge is 0.464 e. The lowest BCUT2D eigenvalue weighted by molar-refractivity contribution is -0.136. The molecule has 1 N–H and O–H groups in total. The minimum Gasteiger partial charge on any atom is -0.464 e. The second-order valence-corrected chi connectivity index (χ2v) is 7.69. The van der Waals surface area contributed by atoms with E-state index in [-0.39, 0.29) is 30.5 Å². The molecular weight excluding hydrogens is 428 g/mol. The zero-order valence-corrected chi connectivity index (χ0v) is 17.5. The van der Waals surface area contributed by atoms with Gasteiger partial charge in [0.05, 0.1) is 24.7 Å². The third-order valence-corrected chi connectivity index (χ3v) is 5.67. The molecule has 5 rings (SSSR count). The molecule has 1 aromatic carbocycles. The minimum atomic E-state index is -0.669. The molecule has 33 heavy (non-hydrogen) atoms. The van der Waals surface area contributed by atoms with Gasteiger partial charge in [0.2, 0.25) is 11.8 Å². The molecule has 11 heteroatoms. The summed E-state index contributed by atoms with van der Waals surface area (Å²) in [5.74, 6) is -1.56. The van der Waals surface area contributed by atoms with Crippen molar-refractivity contribution in [2.75, 3.05) is 7.11 Å². The molecule has 0 radical (unpaired) electrons. The molecule has 1 saturated heterocycles. The molecule has 0 bridgehead atoms. The molecule has 0 aliphatic carbocycles. The molecule has 0 saturated carbocycles. The van der Waals surface area contributed by atoms with Gasteiger partial charge in [0.1, 0.15) is 17.4 Å². The normalized spacial score (nSPS) is 17.7. The molecule has 11 nitrogen and oxygen atoms in total. The monoisotopic (exact) mass is 446 g/mol. The second-order valence-electron chi connectivity index (χ2n) is 7.69. The number of fused-ring (bicyclic) bond motifs is 1. The molecule has 3 amide bonds. The van der Waals surface area contributed by atoms with Crippen molar-refractivity contribution in [3.05, 3.63) is 59.4 Å². The van der Waals surface area contributed by atoms with E-state index in [1.165, 1.54) is 12.0 Å². The van der Waals surface area contributed by atoms with Gasteiger partial charge < -0.3 is 9.64 Å². The van der Waals surface area contributed by atoms with Crippen LogP contribution in [0.25, 0.3) is 17.1 Å². The molecule has 166 valence electrons. The SMILES string of the molecule is COC(=O)c1cccc(-c2cn(-c3ccc4c(c3)CN(C3CCC(=O)NC3=O)C4=O)nn2)n1. The van der Waals surface area contributed by atoms with Crippen LogP contribution in [0.5, 0.6) is 0 Å². The van der Waals surface area contributed by atoms with Crippen LogP contribution in [0, 0.1) is 0 Å². The van der Waals surface area contributed by atoms with E-state index in [0.29, 0.717) is 29.1 Å². The van der Waals surface area contributed by atoms with E-state index in [2.05, 4.69) is 20.6 Å². The van der Waals surface area contributed by atoms with Crippen molar-refractivity contribution < 1.29 is 23.9 Å². The Labute approximate surface area is 187 Å². The third kappa shape index (κ3) is 3.63. The Kier molecular flexibility index (Phi) is 4.93. The number of piperidine rings is 1. The summed E-state index contributed by atoms with van der Waals surface area (Å²) in [7, 11) is 1.28. The summed E-state index contributed by atoms with van der Waals surface area (Å²) in [6.07, 6.45) is 2.18. The lowest BCUT2D eigenvalue weighted by Gasteiger charge is -2.29. The van der Waals surface area contributed by atoms with Gasteiger partial charge in [-0.25, -0.2) is 14.5 Å². The molecular formula is C22H18N6O5. The zero-order chi connectivity index (χ0) is 23.1. The van der Waals surface area contributed by atoms with E-state index in [1.807, 2.05) is 6.07 Å². The standard InChI is InChI=1S/C22H18N6O5/c1-33-22(32)16-4-2-3-15(23-16)17-11-28(26-25-17)13-5-6-14-12(9-13)10-27(21(14)31)18-7-8-19(29)24-20(18)30/h2-6,9,11,18H,7-8,10H2,1H3,(H,24,29,30). The molecule has 3 aromatic rings. The van der Waals surface area contributed by atoms with Crippen LogP contribution in [0.15, 0.2) is 42.6 Å². The molecule has 2 aromatic heterocycles. The molecule has 1 atom stereocenters. The van der Waals surface area contributed by atoms with Crippen molar-refractivity contribution in [2.45, 2.75) is 25.4 Å². The Bertz CT molecular complexity index is 1320. The predicted molar refractivity (Wildman–Crippen MR) is 112 cm³/mol. The number of carbonyl (C=O) groups is 4. The van der Waals surface area contributed by atoms with Crippen molar-refractivity contribution in [1.29, 1.82) is 0 Å². The number of hydrogen-bond donors (Lipinski definition) is 1. The summed E-state index contributed by atoms with van der Waals surface area (Å²) in [5, 5.41) is 10.6. The Hall–Kier alpha value is -4.41. The lowest BCUT2D eigenvalue weighted by atomic mass is 10.0. The van der Waals surface area contributed by atoms with Gasteiger partial charge in [-0.2, -0.15) is 0 Å². The van der Waals surface area contributed by atoms with Gasteiger partial charge in [-0.1, -0.05) is 11.3 Å². The van der Waals surface area contributed by atoms with E-state index in [0.717, 1.165) is 5.56 Å². The van der Waals surface area contributed by atoms with Crippen molar-refractivity contribution in [3.8, 4) is 17.1 Å². The number of amides is 3. The van der Waals surface area contributed by atoms with Gasteiger partial charge in [-0.05, 0) is 42.3 Å². The number of hydrogen-bond acceptors (Lipinski definition) is 8. The van der Waals surface area contributed by atoms with E-state index >= 15 is 0 Å². The van der Waals surface area contributed by atoms with Crippen LogP contribution in [0.3, 0.4) is 0 Å². The summed E-state index contributed by atoms with van der Waals surface area (Å²) < 4.78 is 6.24. The number of nitrogens with one attached hydrogen (secondary N) is 1. The Morgan fingerprint density at radius 2 is 2.00 bits per heavy atom. The van der Waals surface area contributed by atoms with Gasteiger partial charge in [0.25, 0.3) is 5.91 Å². The molecule has 1 unspecified atom stereocenters. The van der Waals surface area contributed by atoms with E-state index in [1.54, 1.807) is 41.2 Å². The number of pyridine rings is 1. The minimum absolute atomic E-state index is 0.161. The first-order chi connectivity index (χ1) is 15.9. The van der Waals surface area contributed by atoms with Gasteiger partial charge in [0, 0.05) is 18.5 Å². The van der Waals surface area contributed by atoms with E-state index in [4.69, 9.17) is 4.74 Å². The highest BCUT2D eigenvalue weighted by Gasteiger charge is 2.39. The van der Waals surface area contributed by atoms with Crippen LogP contribution in [-0.2, 0) is 20.9 Å². The number of carbonyl (C=O) groups excluding carboxylic acids is 4. The van der Waals surface area contributed by atoms with Crippen LogP contribution in [0.1, 0.15) is 39.3 Å². The van der Waals surface area contributed by atoms with Crippen molar-refractivity contribution >= 4 is 23.7 Å². The highest BCUT2D eigenvalue weighted by Crippen LogP contribution is 2.29. The van der Waals surface area contributed by atoms with Crippen LogP contribution in [-0.4, -0.2) is 61.7 Å². The quantitative estimate of drug-likeness (QED) is 0.461. The summed E-state index contributed by atoms with van der Waals surface area (Å²) in [5.41, 5.74) is 3.02. The van der Waals surface area contributed by atoms with Crippen LogP contribution in [0.2, 0.25) is 0 Å². The summed E-state index contributed by atoms with van der Waals surface area (Å²) in [6, 6.07) is 9.51. The Morgan fingerprint density at radius 3 is 2.79 bits per heavy atom. The number of imide groups is 1. The number of benzene rings is 1.